The van der Waals surface area contributed by atoms with Crippen molar-refractivity contribution in [3.05, 3.63) is 62.2 Å². The average molecular weight is 373 g/mol. The van der Waals surface area contributed by atoms with Gasteiger partial charge in [-0.15, -0.1) is 16.4 Å². The van der Waals surface area contributed by atoms with Crippen LogP contribution in [0.15, 0.2) is 45.3 Å². The molecule has 0 aliphatic rings. The Kier molecular flexibility index (Phi) is 4.94. The number of amides is 1. The number of carbonyl (C=O) groups is 1. The Balaban J connectivity index is 2.06. The number of nitrogens with zero attached hydrogens (tertiary/aromatic N) is 4. The quantitative estimate of drug-likeness (QED) is 0.711. The molecule has 134 valence electrons. The van der Waals surface area contributed by atoms with Crippen molar-refractivity contribution in [2.75, 3.05) is 12.4 Å². The van der Waals surface area contributed by atoms with E-state index in [0.29, 0.717) is 16.5 Å². The Bertz CT molecular complexity index is 1050. The standard InChI is InChI=1S/C16H15N5O4S/c1-10(22)17-15-18-11(9-26-15)8-20-14(23)13(25-2)19-21(16(20)24)12-6-4-3-5-7-12/h3-7,9H,8H2,1-2H3,(H,17,18,22). The molecule has 0 saturated heterocycles. The van der Waals surface area contributed by atoms with Crippen LogP contribution in [0.1, 0.15) is 12.6 Å². The van der Waals surface area contributed by atoms with Crippen molar-refractivity contribution in [3.63, 3.8) is 0 Å². The summed E-state index contributed by atoms with van der Waals surface area (Å²) in [7, 11) is 1.31. The number of hydrogen-bond acceptors (Lipinski definition) is 7. The lowest BCUT2D eigenvalue weighted by Crippen LogP contribution is -2.41. The number of para-hydroxylation sites is 1. The van der Waals surface area contributed by atoms with Gasteiger partial charge in [-0.25, -0.2) is 14.3 Å². The van der Waals surface area contributed by atoms with Gasteiger partial charge in [0.05, 0.1) is 25.0 Å². The summed E-state index contributed by atoms with van der Waals surface area (Å²) in [6.45, 7) is 1.30. The molecule has 9 nitrogen and oxygen atoms in total. The second-order valence-corrected chi connectivity index (χ2v) is 6.11. The number of carbonyl (C=O) groups excluding carboxylic acids is 1. The van der Waals surface area contributed by atoms with Gasteiger partial charge in [-0.1, -0.05) is 18.2 Å². The first-order chi connectivity index (χ1) is 12.5. The van der Waals surface area contributed by atoms with Crippen molar-refractivity contribution >= 4 is 22.4 Å². The molecule has 0 saturated carbocycles. The lowest BCUT2D eigenvalue weighted by Gasteiger charge is -2.10. The Hall–Kier alpha value is -3.27. The van der Waals surface area contributed by atoms with Crippen LogP contribution in [-0.4, -0.2) is 32.3 Å². The molecule has 0 bridgehead atoms. The molecule has 3 aromatic rings. The lowest BCUT2D eigenvalue weighted by molar-refractivity contribution is -0.114. The number of rotatable bonds is 5. The molecule has 2 heterocycles. The summed E-state index contributed by atoms with van der Waals surface area (Å²) in [5, 5.41) is 8.60. The molecule has 10 heteroatoms. The van der Waals surface area contributed by atoms with E-state index in [1.54, 1.807) is 35.7 Å². The molecule has 0 radical (unpaired) electrons. The van der Waals surface area contributed by atoms with E-state index < -0.39 is 11.2 Å². The maximum absolute atomic E-state index is 12.8. The van der Waals surface area contributed by atoms with E-state index in [2.05, 4.69) is 15.4 Å². The van der Waals surface area contributed by atoms with Crippen LogP contribution >= 0.6 is 11.3 Å². The van der Waals surface area contributed by atoms with Crippen LogP contribution in [0.2, 0.25) is 0 Å². The van der Waals surface area contributed by atoms with Crippen LogP contribution in [-0.2, 0) is 11.3 Å². The Morgan fingerprint density at radius 3 is 2.65 bits per heavy atom. The van der Waals surface area contributed by atoms with Gasteiger partial charge in [-0.3, -0.25) is 9.59 Å². The second kappa shape index (κ2) is 7.31. The highest BCUT2D eigenvalue weighted by molar-refractivity contribution is 7.13. The number of anilines is 1. The molecular formula is C16H15N5O4S. The third kappa shape index (κ3) is 3.54. The highest BCUT2D eigenvalue weighted by atomic mass is 32.1. The number of benzene rings is 1. The fourth-order valence-corrected chi connectivity index (χ4v) is 3.00. The summed E-state index contributed by atoms with van der Waals surface area (Å²) >= 11 is 1.21. The predicted molar refractivity (Wildman–Crippen MR) is 96.2 cm³/mol. The van der Waals surface area contributed by atoms with Crippen molar-refractivity contribution in [2.24, 2.45) is 0 Å². The number of aromatic nitrogens is 4. The minimum Gasteiger partial charge on any atom is -0.476 e. The van der Waals surface area contributed by atoms with Crippen molar-refractivity contribution in [2.45, 2.75) is 13.5 Å². The summed E-state index contributed by atoms with van der Waals surface area (Å²) in [6, 6.07) is 8.71. The first-order valence-electron chi connectivity index (χ1n) is 7.55. The molecule has 0 unspecified atom stereocenters. The normalized spacial score (nSPS) is 10.5. The zero-order chi connectivity index (χ0) is 18.7. The SMILES string of the molecule is COc1nn(-c2ccccc2)c(=O)n(Cc2csc(NC(C)=O)n2)c1=O. The van der Waals surface area contributed by atoms with Gasteiger partial charge in [-0.2, -0.15) is 4.68 Å². The van der Waals surface area contributed by atoms with Crippen LogP contribution < -0.4 is 21.3 Å². The van der Waals surface area contributed by atoms with Gasteiger partial charge in [0, 0.05) is 12.3 Å². The van der Waals surface area contributed by atoms with Crippen molar-refractivity contribution in [1.82, 2.24) is 19.3 Å². The van der Waals surface area contributed by atoms with Crippen LogP contribution in [0.5, 0.6) is 5.88 Å². The van der Waals surface area contributed by atoms with E-state index >= 15 is 0 Å². The van der Waals surface area contributed by atoms with Gasteiger partial charge < -0.3 is 10.1 Å². The zero-order valence-electron chi connectivity index (χ0n) is 14.0. The van der Waals surface area contributed by atoms with E-state index in [-0.39, 0.29) is 18.3 Å². The number of methoxy groups -OCH3 is 1. The number of hydrogen-bond donors (Lipinski definition) is 1. The fraction of sp³-hybridized carbons (Fsp3) is 0.188. The van der Waals surface area contributed by atoms with Gasteiger partial charge in [0.1, 0.15) is 0 Å². The molecule has 1 aromatic carbocycles. The topological polar surface area (TPSA) is 108 Å². The molecule has 0 aliphatic carbocycles. The Morgan fingerprint density at radius 2 is 2.00 bits per heavy atom. The Morgan fingerprint density at radius 1 is 1.27 bits per heavy atom. The van der Waals surface area contributed by atoms with E-state index in [1.165, 1.54) is 25.4 Å². The second-order valence-electron chi connectivity index (χ2n) is 5.26. The number of nitrogens with one attached hydrogen (secondary N) is 1. The molecule has 1 N–H and O–H groups in total. The highest BCUT2D eigenvalue weighted by Crippen LogP contribution is 2.15. The summed E-state index contributed by atoms with van der Waals surface area (Å²) in [5.74, 6) is -0.453. The smallest absolute Gasteiger partial charge is 0.352 e. The maximum Gasteiger partial charge on any atom is 0.352 e. The van der Waals surface area contributed by atoms with Gasteiger partial charge in [0.25, 0.3) is 5.88 Å². The molecule has 0 atom stereocenters. The molecule has 0 aliphatic heterocycles. The van der Waals surface area contributed by atoms with Gasteiger partial charge in [0.2, 0.25) is 5.91 Å². The average Bonchev–Trinajstić information content (AvgIpc) is 3.06. The molecule has 0 fully saturated rings. The zero-order valence-corrected chi connectivity index (χ0v) is 14.8. The molecule has 3 rings (SSSR count). The molecule has 26 heavy (non-hydrogen) atoms. The summed E-state index contributed by atoms with van der Waals surface area (Å²) in [6.07, 6.45) is 0. The van der Waals surface area contributed by atoms with Gasteiger partial charge in [0.15, 0.2) is 5.13 Å². The Labute approximate surface area is 151 Å². The van der Waals surface area contributed by atoms with E-state index in [4.69, 9.17) is 4.74 Å². The molecular weight excluding hydrogens is 358 g/mol. The largest absolute Gasteiger partial charge is 0.476 e. The molecule has 1 amide bonds. The monoisotopic (exact) mass is 373 g/mol. The summed E-state index contributed by atoms with van der Waals surface area (Å²) in [4.78, 5) is 40.5. The van der Waals surface area contributed by atoms with E-state index in [1.807, 2.05) is 0 Å². The predicted octanol–water partition coefficient (Wildman–Crippen LogP) is 0.866. The molecule has 0 spiro atoms. The minimum absolute atomic E-state index is 0.0700. The number of ether oxygens (including phenoxy) is 1. The fourth-order valence-electron chi connectivity index (χ4n) is 2.25. The van der Waals surface area contributed by atoms with Crippen LogP contribution in [0.25, 0.3) is 5.69 Å². The third-order valence-electron chi connectivity index (χ3n) is 3.38. The lowest BCUT2D eigenvalue weighted by atomic mass is 10.3. The first kappa shape index (κ1) is 17.5. The van der Waals surface area contributed by atoms with Crippen molar-refractivity contribution in [3.8, 4) is 11.6 Å². The highest BCUT2D eigenvalue weighted by Gasteiger charge is 2.16. The first-order valence-corrected chi connectivity index (χ1v) is 8.43. The van der Waals surface area contributed by atoms with Crippen LogP contribution in [0.4, 0.5) is 5.13 Å². The van der Waals surface area contributed by atoms with E-state index in [0.717, 1.165) is 9.25 Å². The van der Waals surface area contributed by atoms with Gasteiger partial charge in [-0.05, 0) is 12.1 Å². The summed E-state index contributed by atoms with van der Waals surface area (Å²) in [5.41, 5.74) is -0.303. The van der Waals surface area contributed by atoms with Crippen molar-refractivity contribution < 1.29 is 9.53 Å². The minimum atomic E-state index is -0.654. The van der Waals surface area contributed by atoms with Crippen LogP contribution in [0.3, 0.4) is 0 Å². The maximum atomic E-state index is 12.8. The van der Waals surface area contributed by atoms with Gasteiger partial charge >= 0.3 is 11.2 Å². The van der Waals surface area contributed by atoms with E-state index in [9.17, 15) is 14.4 Å². The summed E-state index contributed by atoms with van der Waals surface area (Å²) < 4.78 is 7.11. The van der Waals surface area contributed by atoms with Crippen LogP contribution in [0, 0.1) is 0 Å². The molecule has 2 aromatic heterocycles. The third-order valence-corrected chi connectivity index (χ3v) is 4.19. The van der Waals surface area contributed by atoms with Crippen molar-refractivity contribution in [1.29, 1.82) is 0 Å². The number of thiazole rings is 1.